The Morgan fingerprint density at radius 1 is 1.26 bits per heavy atom. The summed E-state index contributed by atoms with van der Waals surface area (Å²) < 4.78 is 1.79. The molecule has 0 aliphatic carbocycles. The SMILES string of the molecule is CCCN(CC(=O)Nc1ccccc1C)C(=O)c1cc2c(C)nn(C)c2s1. The lowest BCUT2D eigenvalue weighted by Crippen LogP contribution is -2.38. The third-order valence-corrected chi connectivity index (χ3v) is 5.63. The van der Waals surface area contributed by atoms with E-state index in [9.17, 15) is 9.59 Å². The van der Waals surface area contributed by atoms with E-state index in [0.29, 0.717) is 11.4 Å². The van der Waals surface area contributed by atoms with Crippen LogP contribution in [0, 0.1) is 13.8 Å². The van der Waals surface area contributed by atoms with Gasteiger partial charge in [-0.3, -0.25) is 14.3 Å². The van der Waals surface area contributed by atoms with Crippen molar-refractivity contribution in [2.45, 2.75) is 27.2 Å². The van der Waals surface area contributed by atoms with E-state index in [0.717, 1.165) is 33.6 Å². The number of fused-ring (bicyclic) bond motifs is 1. The van der Waals surface area contributed by atoms with Gasteiger partial charge in [0, 0.05) is 24.7 Å². The van der Waals surface area contributed by atoms with Crippen molar-refractivity contribution in [1.29, 1.82) is 0 Å². The van der Waals surface area contributed by atoms with E-state index in [1.807, 2.05) is 58.2 Å². The first kappa shape index (κ1) is 19.1. The second-order valence-electron chi connectivity index (χ2n) is 6.63. The number of aryl methyl sites for hydroxylation is 3. The Kier molecular flexibility index (Phi) is 5.60. The summed E-state index contributed by atoms with van der Waals surface area (Å²) in [6.07, 6.45) is 0.787. The van der Waals surface area contributed by atoms with Gasteiger partial charge in [-0.2, -0.15) is 5.10 Å². The zero-order valence-corrected chi connectivity index (χ0v) is 16.9. The van der Waals surface area contributed by atoms with E-state index in [2.05, 4.69) is 10.4 Å². The van der Waals surface area contributed by atoms with Crippen LogP contribution in [0.5, 0.6) is 0 Å². The number of benzene rings is 1. The first-order valence-corrected chi connectivity index (χ1v) is 9.80. The number of rotatable bonds is 6. The predicted octanol–water partition coefficient (Wildman–Crippen LogP) is 3.74. The molecule has 0 atom stereocenters. The summed E-state index contributed by atoms with van der Waals surface area (Å²) in [6.45, 7) is 6.44. The first-order valence-electron chi connectivity index (χ1n) is 8.98. The van der Waals surface area contributed by atoms with E-state index in [-0.39, 0.29) is 18.4 Å². The number of thiophene rings is 1. The summed E-state index contributed by atoms with van der Waals surface area (Å²) in [4.78, 5) is 28.7. The van der Waals surface area contributed by atoms with Crippen LogP contribution in [-0.4, -0.2) is 39.6 Å². The molecule has 2 heterocycles. The van der Waals surface area contributed by atoms with Gasteiger partial charge >= 0.3 is 0 Å². The topological polar surface area (TPSA) is 67.2 Å². The standard InChI is InChI=1S/C20H24N4O2S/c1-5-10-24(12-18(25)21-16-9-7-6-8-13(16)2)19(26)17-11-15-14(3)22-23(4)20(15)27-17/h6-9,11H,5,10,12H2,1-4H3,(H,21,25). The highest BCUT2D eigenvalue weighted by molar-refractivity contribution is 7.20. The molecule has 3 aromatic rings. The smallest absolute Gasteiger partial charge is 0.264 e. The third kappa shape index (κ3) is 4.03. The molecule has 0 aliphatic rings. The number of para-hydroxylation sites is 1. The first-order chi connectivity index (χ1) is 12.9. The van der Waals surface area contributed by atoms with E-state index < -0.39 is 0 Å². The van der Waals surface area contributed by atoms with Crippen LogP contribution in [0.4, 0.5) is 5.69 Å². The van der Waals surface area contributed by atoms with Gasteiger partial charge in [0.05, 0.1) is 10.6 Å². The molecule has 1 N–H and O–H groups in total. The maximum Gasteiger partial charge on any atom is 0.264 e. The minimum atomic E-state index is -0.190. The lowest BCUT2D eigenvalue weighted by atomic mass is 10.2. The van der Waals surface area contributed by atoms with Crippen molar-refractivity contribution < 1.29 is 9.59 Å². The molecule has 3 rings (SSSR count). The molecule has 0 fully saturated rings. The number of carbonyl (C=O) groups is 2. The van der Waals surface area contributed by atoms with E-state index in [1.165, 1.54) is 11.3 Å². The number of hydrogen-bond acceptors (Lipinski definition) is 4. The van der Waals surface area contributed by atoms with Crippen LogP contribution in [0.15, 0.2) is 30.3 Å². The zero-order valence-electron chi connectivity index (χ0n) is 16.1. The molecule has 0 saturated carbocycles. The van der Waals surface area contributed by atoms with Crippen molar-refractivity contribution in [3.63, 3.8) is 0 Å². The summed E-state index contributed by atoms with van der Waals surface area (Å²) in [5.41, 5.74) is 2.67. The van der Waals surface area contributed by atoms with Gasteiger partial charge in [0.1, 0.15) is 11.4 Å². The van der Waals surface area contributed by atoms with Crippen LogP contribution in [0.3, 0.4) is 0 Å². The second-order valence-corrected chi connectivity index (χ2v) is 7.66. The van der Waals surface area contributed by atoms with Gasteiger partial charge < -0.3 is 10.2 Å². The van der Waals surface area contributed by atoms with Gasteiger partial charge in [-0.15, -0.1) is 11.3 Å². The van der Waals surface area contributed by atoms with Crippen molar-refractivity contribution in [1.82, 2.24) is 14.7 Å². The molecule has 0 spiro atoms. The van der Waals surface area contributed by atoms with Crippen molar-refractivity contribution >= 4 is 39.1 Å². The summed E-state index contributed by atoms with van der Waals surface area (Å²) in [7, 11) is 1.87. The van der Waals surface area contributed by atoms with Crippen LogP contribution < -0.4 is 5.32 Å². The maximum absolute atomic E-state index is 13.0. The van der Waals surface area contributed by atoms with Gasteiger partial charge in [0.25, 0.3) is 5.91 Å². The van der Waals surface area contributed by atoms with E-state index in [1.54, 1.807) is 9.58 Å². The lowest BCUT2D eigenvalue weighted by Gasteiger charge is -2.21. The lowest BCUT2D eigenvalue weighted by molar-refractivity contribution is -0.116. The molecule has 0 unspecified atom stereocenters. The van der Waals surface area contributed by atoms with Crippen LogP contribution >= 0.6 is 11.3 Å². The molecule has 2 amide bonds. The number of nitrogens with zero attached hydrogens (tertiary/aromatic N) is 3. The molecule has 27 heavy (non-hydrogen) atoms. The number of hydrogen-bond donors (Lipinski definition) is 1. The molecule has 7 heteroatoms. The minimum Gasteiger partial charge on any atom is -0.329 e. The highest BCUT2D eigenvalue weighted by Gasteiger charge is 2.22. The Labute approximate surface area is 162 Å². The van der Waals surface area contributed by atoms with Gasteiger partial charge in [0.15, 0.2) is 0 Å². The largest absolute Gasteiger partial charge is 0.329 e. The average molecular weight is 385 g/mol. The predicted molar refractivity (Wildman–Crippen MR) is 109 cm³/mol. The Morgan fingerprint density at radius 2 is 2.00 bits per heavy atom. The molecule has 1 aromatic carbocycles. The number of carbonyl (C=O) groups excluding carboxylic acids is 2. The van der Waals surface area contributed by atoms with Gasteiger partial charge in [0.2, 0.25) is 5.91 Å². The Morgan fingerprint density at radius 3 is 2.67 bits per heavy atom. The molecule has 0 saturated heterocycles. The third-order valence-electron chi connectivity index (χ3n) is 4.44. The fourth-order valence-corrected chi connectivity index (χ4v) is 4.16. The Bertz CT molecular complexity index is 955. The van der Waals surface area contributed by atoms with Crippen LogP contribution in [-0.2, 0) is 11.8 Å². The summed E-state index contributed by atoms with van der Waals surface area (Å²) >= 11 is 1.42. The highest BCUT2D eigenvalue weighted by atomic mass is 32.1. The van der Waals surface area contributed by atoms with Gasteiger partial charge in [-0.05, 0) is 38.0 Å². The normalized spacial score (nSPS) is 11.0. The molecule has 6 nitrogen and oxygen atoms in total. The van der Waals surface area contributed by atoms with E-state index in [4.69, 9.17) is 0 Å². The summed E-state index contributed by atoms with van der Waals surface area (Å²) in [6, 6.07) is 9.49. The highest BCUT2D eigenvalue weighted by Crippen LogP contribution is 2.28. The fraction of sp³-hybridized carbons (Fsp3) is 0.350. The molecular formula is C20H24N4O2S. The molecule has 0 radical (unpaired) electrons. The monoisotopic (exact) mass is 384 g/mol. The van der Waals surface area contributed by atoms with Crippen molar-refractivity contribution in [3.05, 3.63) is 46.5 Å². The van der Waals surface area contributed by atoms with Crippen LogP contribution in [0.25, 0.3) is 10.2 Å². The van der Waals surface area contributed by atoms with Crippen molar-refractivity contribution in [2.24, 2.45) is 7.05 Å². The molecule has 0 aliphatic heterocycles. The van der Waals surface area contributed by atoms with Crippen LogP contribution in [0.1, 0.15) is 34.3 Å². The fourth-order valence-electron chi connectivity index (χ4n) is 3.07. The van der Waals surface area contributed by atoms with Crippen molar-refractivity contribution in [3.8, 4) is 0 Å². The van der Waals surface area contributed by atoms with E-state index >= 15 is 0 Å². The van der Waals surface area contributed by atoms with Gasteiger partial charge in [-0.25, -0.2) is 0 Å². The second kappa shape index (κ2) is 7.92. The molecule has 2 aromatic heterocycles. The molecule has 142 valence electrons. The van der Waals surface area contributed by atoms with Crippen LogP contribution in [0.2, 0.25) is 0 Å². The van der Waals surface area contributed by atoms with Crippen molar-refractivity contribution in [2.75, 3.05) is 18.4 Å². The molecular weight excluding hydrogens is 360 g/mol. The maximum atomic E-state index is 13.0. The number of anilines is 1. The van der Waals surface area contributed by atoms with Gasteiger partial charge in [-0.1, -0.05) is 25.1 Å². The quantitative estimate of drug-likeness (QED) is 0.704. The Balaban J connectivity index is 1.77. The summed E-state index contributed by atoms with van der Waals surface area (Å²) in [5.74, 6) is -0.303. The minimum absolute atomic E-state index is 0.0342. The number of aromatic nitrogens is 2. The number of nitrogens with one attached hydrogen (secondary N) is 1. The zero-order chi connectivity index (χ0) is 19.6. The average Bonchev–Trinajstić information content (AvgIpc) is 3.18. The Hall–Kier alpha value is -2.67. The number of amides is 2. The summed E-state index contributed by atoms with van der Waals surface area (Å²) in [5, 5.41) is 8.27. The molecule has 0 bridgehead atoms.